The zero-order chi connectivity index (χ0) is 32.4. The van der Waals surface area contributed by atoms with Gasteiger partial charge in [-0.3, -0.25) is 13.8 Å². The number of anilines is 3. The van der Waals surface area contributed by atoms with E-state index < -0.39 is 36.6 Å². The van der Waals surface area contributed by atoms with Crippen LogP contribution >= 0.6 is 19.6 Å². The second-order valence-electron chi connectivity index (χ2n) is 10.6. The van der Waals surface area contributed by atoms with E-state index in [0.717, 1.165) is 12.1 Å². The average molecular weight is 666 g/mol. The minimum Gasteiger partial charge on any atom is -0.350 e. The Hall–Kier alpha value is -3.66. The highest BCUT2D eigenvalue weighted by molar-refractivity contribution is 7.99. The van der Waals surface area contributed by atoms with Crippen molar-refractivity contribution in [3.8, 4) is 0 Å². The van der Waals surface area contributed by atoms with Gasteiger partial charge in [0.2, 0.25) is 0 Å². The zero-order valence-electron chi connectivity index (χ0n) is 24.4. The number of hydrogen-bond acceptors (Lipinski definition) is 11. The largest absolute Gasteiger partial charge is 0.472 e. The van der Waals surface area contributed by atoms with E-state index in [1.54, 1.807) is 44.2 Å². The minimum atomic E-state index is -4.66. The van der Waals surface area contributed by atoms with Gasteiger partial charge in [0.05, 0.1) is 30.8 Å². The third-order valence-corrected chi connectivity index (χ3v) is 8.74. The molecule has 2 aliphatic heterocycles. The lowest BCUT2D eigenvalue weighted by Crippen LogP contribution is -2.61. The fraction of sp³-hybridized carbons (Fsp3) is 0.321. The molecule has 1 fully saturated rings. The number of carbonyl (C=O) groups excluding carboxylic acids is 1. The fourth-order valence-corrected chi connectivity index (χ4v) is 6.53. The average Bonchev–Trinajstić information content (AvgIpc) is 3.36. The van der Waals surface area contributed by atoms with Gasteiger partial charge in [-0.2, -0.15) is 13.2 Å². The van der Waals surface area contributed by atoms with Gasteiger partial charge in [0.15, 0.2) is 5.16 Å². The lowest BCUT2D eigenvalue weighted by Gasteiger charge is -2.48. The van der Waals surface area contributed by atoms with Crippen molar-refractivity contribution in [3.63, 3.8) is 0 Å². The van der Waals surface area contributed by atoms with Gasteiger partial charge in [-0.25, -0.2) is 20.0 Å². The Morgan fingerprint density at radius 3 is 2.56 bits per heavy atom. The number of carbonyl (C=O) groups is 1. The number of hydrogen-bond donors (Lipinski definition) is 5. The van der Waals surface area contributed by atoms with Crippen LogP contribution in [0.25, 0.3) is 0 Å². The van der Waals surface area contributed by atoms with E-state index in [0.29, 0.717) is 33.2 Å². The summed E-state index contributed by atoms with van der Waals surface area (Å²) in [4.78, 5) is 34.4. The van der Waals surface area contributed by atoms with Crippen LogP contribution in [-0.2, 0) is 19.8 Å². The molecular weight excluding hydrogens is 634 g/mol. The molecule has 2 aliphatic rings. The SMILES string of the molecule is CCOP(=O)(O)OC1(C)CN(c2cc(NC3=CC(C)NN3)nc(Sc3ccc(NC(=O)c4ccccc4C(F)(F)F)cc3)n2)C1. The van der Waals surface area contributed by atoms with Crippen molar-refractivity contribution < 1.29 is 36.5 Å². The number of rotatable bonds is 11. The fourth-order valence-electron chi connectivity index (χ4n) is 4.71. The maximum absolute atomic E-state index is 13.4. The number of hydrazine groups is 1. The van der Waals surface area contributed by atoms with Crippen molar-refractivity contribution in [2.45, 2.75) is 48.6 Å². The monoisotopic (exact) mass is 665 g/mol. The molecule has 0 spiro atoms. The first-order valence-corrected chi connectivity index (χ1v) is 16.1. The molecule has 0 aliphatic carbocycles. The highest BCUT2D eigenvalue weighted by Gasteiger charge is 2.46. The van der Waals surface area contributed by atoms with Crippen LogP contribution in [0.1, 0.15) is 36.7 Å². The summed E-state index contributed by atoms with van der Waals surface area (Å²) in [5.41, 5.74) is 3.98. The molecule has 0 bridgehead atoms. The normalized spacial score (nSPS) is 18.8. The van der Waals surface area contributed by atoms with Gasteiger partial charge in [-0.05, 0) is 75.0 Å². The molecule has 17 heteroatoms. The van der Waals surface area contributed by atoms with Crippen LogP contribution in [0.5, 0.6) is 0 Å². The van der Waals surface area contributed by atoms with Crippen molar-refractivity contribution in [2.24, 2.45) is 0 Å². The van der Waals surface area contributed by atoms with E-state index in [2.05, 4.69) is 31.5 Å². The number of nitrogens with one attached hydrogen (secondary N) is 4. The second kappa shape index (κ2) is 13.0. The Bertz CT molecular complexity index is 1640. The lowest BCUT2D eigenvalue weighted by atomic mass is 9.97. The molecule has 2 atom stereocenters. The van der Waals surface area contributed by atoms with Crippen LogP contribution in [0.4, 0.5) is 30.5 Å². The molecular formula is C28H31F3N7O5PS. The lowest BCUT2D eigenvalue weighted by molar-refractivity contribution is -0.137. The second-order valence-corrected chi connectivity index (χ2v) is 13.0. The van der Waals surface area contributed by atoms with E-state index in [4.69, 9.17) is 9.05 Å². The summed E-state index contributed by atoms with van der Waals surface area (Å²) in [7, 11) is -4.20. The first kappa shape index (κ1) is 32.7. The van der Waals surface area contributed by atoms with E-state index in [1.807, 2.05) is 17.9 Å². The van der Waals surface area contributed by atoms with Gasteiger partial charge in [0.1, 0.15) is 23.1 Å². The van der Waals surface area contributed by atoms with Gasteiger partial charge in [-0.1, -0.05) is 12.1 Å². The topological polar surface area (TPSA) is 150 Å². The predicted octanol–water partition coefficient (Wildman–Crippen LogP) is 5.38. The van der Waals surface area contributed by atoms with Gasteiger partial charge in [0.25, 0.3) is 5.91 Å². The molecule has 1 amide bonds. The summed E-state index contributed by atoms with van der Waals surface area (Å²) in [5, 5.41) is 6.10. The number of alkyl halides is 3. The standard InChI is InChI=1S/C28H31F3N7O5PS/c1-4-42-44(40,41)43-27(3)15-38(16-27)24-14-22(33-23-13-17(2)36-37-23)34-26(35-24)45-19-11-9-18(10-12-19)32-25(39)20-7-5-6-8-21(20)28(29,30)31/h5-14,17,36-37H,4,15-16H2,1-3H3,(H,32,39)(H,40,41)(H,33,34,35). The maximum atomic E-state index is 13.4. The first-order chi connectivity index (χ1) is 21.2. The number of halogens is 3. The van der Waals surface area contributed by atoms with Crippen LogP contribution in [0, 0.1) is 0 Å². The molecule has 2 unspecified atom stereocenters. The highest BCUT2D eigenvalue weighted by atomic mass is 32.2. The predicted molar refractivity (Wildman–Crippen MR) is 163 cm³/mol. The van der Waals surface area contributed by atoms with Crippen LogP contribution in [0.2, 0.25) is 0 Å². The van der Waals surface area contributed by atoms with Crippen molar-refractivity contribution in [2.75, 3.05) is 35.2 Å². The third kappa shape index (κ3) is 8.34. The zero-order valence-corrected chi connectivity index (χ0v) is 26.1. The summed E-state index contributed by atoms with van der Waals surface area (Å²) in [6.45, 7) is 5.86. The molecule has 5 N–H and O–H groups in total. The van der Waals surface area contributed by atoms with Crippen LogP contribution in [0.15, 0.2) is 76.5 Å². The quantitative estimate of drug-likeness (QED) is 0.132. The molecule has 1 saturated heterocycles. The Morgan fingerprint density at radius 1 is 1.20 bits per heavy atom. The minimum absolute atomic E-state index is 0.0336. The maximum Gasteiger partial charge on any atom is 0.472 e. The van der Waals surface area contributed by atoms with Crippen molar-refractivity contribution in [3.05, 3.63) is 77.6 Å². The van der Waals surface area contributed by atoms with Gasteiger partial charge in [-0.15, -0.1) is 0 Å². The Morgan fingerprint density at radius 2 is 1.91 bits per heavy atom. The van der Waals surface area contributed by atoms with Crippen molar-refractivity contribution in [1.29, 1.82) is 0 Å². The van der Waals surface area contributed by atoms with Gasteiger partial charge in [0, 0.05) is 22.7 Å². The number of phosphoric acid groups is 1. The van der Waals surface area contributed by atoms with Crippen LogP contribution in [-0.4, -0.2) is 52.1 Å². The van der Waals surface area contributed by atoms with E-state index in [9.17, 15) is 27.4 Å². The highest BCUT2D eigenvalue weighted by Crippen LogP contribution is 2.50. The molecule has 2 aromatic carbocycles. The van der Waals surface area contributed by atoms with Crippen molar-refractivity contribution >= 4 is 42.8 Å². The molecule has 0 radical (unpaired) electrons. The van der Waals surface area contributed by atoms with Gasteiger partial charge >= 0.3 is 14.0 Å². The van der Waals surface area contributed by atoms with E-state index in [1.165, 1.54) is 23.9 Å². The van der Waals surface area contributed by atoms with E-state index in [-0.39, 0.29) is 25.7 Å². The summed E-state index contributed by atoms with van der Waals surface area (Å²) >= 11 is 1.23. The Balaban J connectivity index is 1.31. The molecule has 12 nitrogen and oxygen atoms in total. The third-order valence-electron chi connectivity index (χ3n) is 6.61. The number of nitrogens with zero attached hydrogens (tertiary/aromatic N) is 3. The van der Waals surface area contributed by atoms with Crippen LogP contribution in [0.3, 0.4) is 0 Å². The molecule has 1 aromatic heterocycles. The number of aromatic nitrogens is 2. The molecule has 0 saturated carbocycles. The molecule has 3 heterocycles. The number of phosphoric ester groups is 1. The Labute approximate surface area is 261 Å². The summed E-state index contributed by atoms with van der Waals surface area (Å²) in [6.07, 6.45) is -2.72. The molecule has 5 rings (SSSR count). The molecule has 45 heavy (non-hydrogen) atoms. The van der Waals surface area contributed by atoms with Crippen molar-refractivity contribution in [1.82, 2.24) is 20.8 Å². The molecule has 3 aromatic rings. The molecule has 240 valence electrons. The van der Waals surface area contributed by atoms with E-state index >= 15 is 0 Å². The summed E-state index contributed by atoms with van der Waals surface area (Å²) in [5.74, 6) is 0.858. The summed E-state index contributed by atoms with van der Waals surface area (Å²) < 4.78 is 62.5. The Kier molecular flexibility index (Phi) is 9.44. The van der Waals surface area contributed by atoms with Gasteiger partial charge < -0.3 is 25.9 Å². The number of benzene rings is 2. The van der Waals surface area contributed by atoms with Crippen LogP contribution < -0.4 is 26.4 Å². The number of amides is 1. The smallest absolute Gasteiger partial charge is 0.350 e. The summed E-state index contributed by atoms with van der Waals surface area (Å²) in [6, 6.07) is 12.9. The first-order valence-electron chi connectivity index (χ1n) is 13.8.